The predicted molar refractivity (Wildman–Crippen MR) is 78.1 cm³/mol. The molecular formula is C16H24N2O. The number of hydrogen-bond acceptors (Lipinski definition) is 2. The highest BCUT2D eigenvalue weighted by Crippen LogP contribution is 2.19. The van der Waals surface area contributed by atoms with E-state index in [1.165, 1.54) is 12.0 Å². The van der Waals surface area contributed by atoms with E-state index in [4.69, 9.17) is 0 Å². The van der Waals surface area contributed by atoms with E-state index in [2.05, 4.69) is 29.7 Å². The molecule has 2 N–H and O–H groups in total. The number of piperidine rings is 1. The first-order valence-electron chi connectivity index (χ1n) is 7.20. The molecule has 2 unspecified atom stereocenters. The van der Waals surface area contributed by atoms with Gasteiger partial charge in [-0.05, 0) is 44.2 Å². The molecule has 1 heterocycles. The molecule has 0 spiro atoms. The molecule has 1 aromatic carbocycles. The van der Waals surface area contributed by atoms with Crippen molar-refractivity contribution in [1.82, 2.24) is 10.6 Å². The Hall–Kier alpha value is -1.35. The van der Waals surface area contributed by atoms with E-state index in [0.717, 1.165) is 19.4 Å². The Labute approximate surface area is 115 Å². The van der Waals surface area contributed by atoms with Gasteiger partial charge in [0.05, 0.1) is 5.54 Å². The third-order valence-electron chi connectivity index (χ3n) is 4.06. The second-order valence-electron chi connectivity index (χ2n) is 5.74. The summed E-state index contributed by atoms with van der Waals surface area (Å²) in [5.74, 6) is 0.479. The normalized spacial score (nSPS) is 24.7. The quantitative estimate of drug-likeness (QED) is 0.873. The minimum absolute atomic E-state index is 0.134. The first-order valence-corrected chi connectivity index (χ1v) is 7.20. The molecule has 3 nitrogen and oxygen atoms in total. The van der Waals surface area contributed by atoms with Crippen LogP contribution < -0.4 is 10.6 Å². The zero-order valence-electron chi connectivity index (χ0n) is 11.9. The minimum Gasteiger partial charge on any atom is -0.354 e. The molecule has 2 atom stereocenters. The Kier molecular flexibility index (Phi) is 4.59. The Balaban J connectivity index is 1.86. The number of amides is 1. The van der Waals surface area contributed by atoms with E-state index in [0.29, 0.717) is 12.5 Å². The molecule has 0 aliphatic carbocycles. The van der Waals surface area contributed by atoms with Gasteiger partial charge < -0.3 is 10.6 Å². The van der Waals surface area contributed by atoms with Gasteiger partial charge in [-0.1, -0.05) is 37.3 Å². The van der Waals surface area contributed by atoms with Crippen LogP contribution in [0.4, 0.5) is 0 Å². The third kappa shape index (κ3) is 3.57. The van der Waals surface area contributed by atoms with Crippen LogP contribution in [0.2, 0.25) is 0 Å². The van der Waals surface area contributed by atoms with E-state index in [1.54, 1.807) is 0 Å². The van der Waals surface area contributed by atoms with Crippen molar-refractivity contribution in [3.8, 4) is 0 Å². The number of rotatable bonds is 4. The van der Waals surface area contributed by atoms with Gasteiger partial charge in [-0.2, -0.15) is 0 Å². The molecule has 104 valence electrons. The summed E-state index contributed by atoms with van der Waals surface area (Å²) in [6.07, 6.45) is 3.23. The van der Waals surface area contributed by atoms with E-state index in [1.807, 2.05) is 25.1 Å². The number of hydrogen-bond donors (Lipinski definition) is 2. The van der Waals surface area contributed by atoms with Crippen molar-refractivity contribution in [2.75, 3.05) is 13.1 Å². The molecule has 1 amide bonds. The minimum atomic E-state index is -0.380. The molecular weight excluding hydrogens is 236 g/mol. The van der Waals surface area contributed by atoms with Crippen LogP contribution >= 0.6 is 0 Å². The predicted octanol–water partition coefficient (Wildman–Crippen LogP) is 2.44. The van der Waals surface area contributed by atoms with E-state index >= 15 is 0 Å². The largest absolute Gasteiger partial charge is 0.354 e. The highest BCUT2D eigenvalue weighted by atomic mass is 16.2. The van der Waals surface area contributed by atoms with Crippen molar-refractivity contribution in [1.29, 1.82) is 0 Å². The average Bonchev–Trinajstić information content (AvgIpc) is 2.46. The maximum atomic E-state index is 12.3. The fourth-order valence-corrected chi connectivity index (χ4v) is 2.59. The van der Waals surface area contributed by atoms with Crippen LogP contribution in [0, 0.1) is 0 Å². The first kappa shape index (κ1) is 14.1. The average molecular weight is 260 g/mol. The van der Waals surface area contributed by atoms with E-state index in [-0.39, 0.29) is 11.4 Å². The molecule has 0 radical (unpaired) electrons. The van der Waals surface area contributed by atoms with Crippen LogP contribution in [0.1, 0.15) is 44.6 Å². The molecule has 0 saturated carbocycles. The maximum absolute atomic E-state index is 12.3. The van der Waals surface area contributed by atoms with Gasteiger partial charge in [0, 0.05) is 6.54 Å². The fraction of sp³-hybridized carbons (Fsp3) is 0.562. The molecule has 1 aliphatic rings. The molecule has 1 fully saturated rings. The second kappa shape index (κ2) is 6.20. The SMILES string of the molecule is CC(CNC(=O)C1(C)CCCCN1)c1ccccc1. The smallest absolute Gasteiger partial charge is 0.240 e. The lowest BCUT2D eigenvalue weighted by atomic mass is 9.90. The lowest BCUT2D eigenvalue weighted by Gasteiger charge is -2.33. The molecule has 1 saturated heterocycles. The van der Waals surface area contributed by atoms with Gasteiger partial charge in [0.25, 0.3) is 0 Å². The van der Waals surface area contributed by atoms with Crippen LogP contribution in [-0.4, -0.2) is 24.5 Å². The second-order valence-corrected chi connectivity index (χ2v) is 5.74. The van der Waals surface area contributed by atoms with E-state index in [9.17, 15) is 4.79 Å². The Morgan fingerprint density at radius 1 is 1.37 bits per heavy atom. The Morgan fingerprint density at radius 3 is 2.74 bits per heavy atom. The monoisotopic (exact) mass is 260 g/mol. The molecule has 2 rings (SSSR count). The molecule has 3 heteroatoms. The summed E-state index contributed by atoms with van der Waals surface area (Å²) in [6, 6.07) is 10.3. The molecule has 19 heavy (non-hydrogen) atoms. The zero-order valence-corrected chi connectivity index (χ0v) is 11.9. The molecule has 1 aliphatic heterocycles. The van der Waals surface area contributed by atoms with Gasteiger partial charge >= 0.3 is 0 Å². The zero-order chi connectivity index (χ0) is 13.7. The van der Waals surface area contributed by atoms with Crippen molar-refractivity contribution in [3.63, 3.8) is 0 Å². The maximum Gasteiger partial charge on any atom is 0.240 e. The molecule has 1 aromatic rings. The lowest BCUT2D eigenvalue weighted by Crippen LogP contribution is -2.57. The van der Waals surface area contributed by atoms with Crippen molar-refractivity contribution < 1.29 is 4.79 Å². The fourth-order valence-electron chi connectivity index (χ4n) is 2.59. The van der Waals surface area contributed by atoms with Crippen LogP contribution in [0.15, 0.2) is 30.3 Å². The van der Waals surface area contributed by atoms with E-state index < -0.39 is 0 Å². The highest BCUT2D eigenvalue weighted by Gasteiger charge is 2.33. The van der Waals surface area contributed by atoms with Crippen LogP contribution in [0.25, 0.3) is 0 Å². The molecule has 0 aromatic heterocycles. The van der Waals surface area contributed by atoms with Crippen molar-refractivity contribution in [2.45, 2.75) is 44.6 Å². The van der Waals surface area contributed by atoms with Crippen molar-refractivity contribution in [2.24, 2.45) is 0 Å². The highest BCUT2D eigenvalue weighted by molar-refractivity contribution is 5.86. The van der Waals surface area contributed by atoms with Gasteiger partial charge in [0.1, 0.15) is 0 Å². The van der Waals surface area contributed by atoms with Gasteiger partial charge in [0.15, 0.2) is 0 Å². The van der Waals surface area contributed by atoms with Crippen molar-refractivity contribution >= 4 is 5.91 Å². The number of carbonyl (C=O) groups excluding carboxylic acids is 1. The molecule has 0 bridgehead atoms. The third-order valence-corrected chi connectivity index (χ3v) is 4.06. The summed E-state index contributed by atoms with van der Waals surface area (Å²) in [7, 11) is 0. The van der Waals surface area contributed by atoms with Gasteiger partial charge in [-0.15, -0.1) is 0 Å². The van der Waals surface area contributed by atoms with Crippen molar-refractivity contribution in [3.05, 3.63) is 35.9 Å². The summed E-state index contributed by atoms with van der Waals surface area (Å²) in [5.41, 5.74) is 0.888. The lowest BCUT2D eigenvalue weighted by molar-refractivity contribution is -0.128. The van der Waals surface area contributed by atoms with Gasteiger partial charge in [0.2, 0.25) is 5.91 Å². The van der Waals surface area contributed by atoms with Gasteiger partial charge in [-0.3, -0.25) is 4.79 Å². The van der Waals surface area contributed by atoms with Gasteiger partial charge in [-0.25, -0.2) is 0 Å². The summed E-state index contributed by atoms with van der Waals surface area (Å²) < 4.78 is 0. The number of carbonyl (C=O) groups is 1. The Morgan fingerprint density at radius 2 is 2.11 bits per heavy atom. The standard InChI is InChI=1S/C16H24N2O/c1-13(14-8-4-3-5-9-14)12-17-15(19)16(2)10-6-7-11-18-16/h3-5,8-9,13,18H,6-7,10-12H2,1-2H3,(H,17,19). The van der Waals surface area contributed by atoms with Crippen LogP contribution in [-0.2, 0) is 4.79 Å². The number of nitrogens with one attached hydrogen (secondary N) is 2. The summed E-state index contributed by atoms with van der Waals surface area (Å²) >= 11 is 0. The first-order chi connectivity index (χ1) is 9.12. The Bertz CT molecular complexity index is 410. The summed E-state index contributed by atoms with van der Waals surface area (Å²) in [5, 5.41) is 6.44. The number of benzene rings is 1. The van der Waals surface area contributed by atoms with Crippen LogP contribution in [0.3, 0.4) is 0 Å². The summed E-state index contributed by atoms with van der Waals surface area (Å²) in [4.78, 5) is 12.3. The van der Waals surface area contributed by atoms with Crippen LogP contribution in [0.5, 0.6) is 0 Å². The topological polar surface area (TPSA) is 41.1 Å². The summed E-state index contributed by atoms with van der Waals surface area (Å²) in [6.45, 7) is 5.79.